The van der Waals surface area contributed by atoms with Crippen LogP contribution in [-0.2, 0) is 6.54 Å². The summed E-state index contributed by atoms with van der Waals surface area (Å²) in [6.45, 7) is 4.18. The zero-order valence-corrected chi connectivity index (χ0v) is 14.2. The van der Waals surface area contributed by atoms with Crippen LogP contribution in [0.3, 0.4) is 0 Å². The molecular weight excluding hydrogens is 330 g/mol. The van der Waals surface area contributed by atoms with E-state index in [9.17, 15) is 9.59 Å². The van der Waals surface area contributed by atoms with Crippen LogP contribution in [0.4, 0.5) is 0 Å². The van der Waals surface area contributed by atoms with Gasteiger partial charge >= 0.3 is 4.87 Å². The fourth-order valence-corrected chi connectivity index (χ4v) is 4.63. The van der Waals surface area contributed by atoms with Crippen molar-refractivity contribution in [2.45, 2.75) is 20.4 Å². The first-order valence-corrected chi connectivity index (χ1v) is 8.75. The Morgan fingerprint density at radius 2 is 1.96 bits per heavy atom. The van der Waals surface area contributed by atoms with E-state index in [0.29, 0.717) is 11.2 Å². The molecular formula is C16H13N3O2S2. The maximum Gasteiger partial charge on any atom is 0.308 e. The summed E-state index contributed by atoms with van der Waals surface area (Å²) in [6, 6.07) is 7.63. The maximum absolute atomic E-state index is 12.3. The molecule has 0 saturated carbocycles. The van der Waals surface area contributed by atoms with E-state index >= 15 is 0 Å². The molecule has 0 fully saturated rings. The van der Waals surface area contributed by atoms with E-state index in [2.05, 4.69) is 9.97 Å². The van der Waals surface area contributed by atoms with E-state index in [1.165, 1.54) is 22.7 Å². The van der Waals surface area contributed by atoms with E-state index in [4.69, 9.17) is 0 Å². The van der Waals surface area contributed by atoms with Crippen LogP contribution in [0.1, 0.15) is 16.3 Å². The molecule has 5 nitrogen and oxygen atoms in total. The van der Waals surface area contributed by atoms with Crippen molar-refractivity contribution in [2.75, 3.05) is 0 Å². The van der Waals surface area contributed by atoms with Gasteiger partial charge in [0.05, 0.1) is 22.1 Å². The molecule has 0 aliphatic heterocycles. The minimum absolute atomic E-state index is 0.0486. The summed E-state index contributed by atoms with van der Waals surface area (Å²) >= 11 is 2.71. The third-order valence-electron chi connectivity index (χ3n) is 3.97. The molecule has 4 rings (SSSR count). The zero-order valence-electron chi connectivity index (χ0n) is 12.5. The van der Waals surface area contributed by atoms with Gasteiger partial charge in [-0.2, -0.15) is 0 Å². The third kappa shape index (κ3) is 2.24. The highest BCUT2D eigenvalue weighted by Crippen LogP contribution is 2.26. The summed E-state index contributed by atoms with van der Waals surface area (Å²) in [6.07, 6.45) is 0. The Balaban J connectivity index is 1.88. The highest BCUT2D eigenvalue weighted by molar-refractivity contribution is 7.18. The van der Waals surface area contributed by atoms with E-state index in [1.807, 2.05) is 38.1 Å². The molecule has 0 atom stereocenters. The number of nitrogens with one attached hydrogen (secondary N) is 1. The first-order chi connectivity index (χ1) is 11.0. The van der Waals surface area contributed by atoms with Gasteiger partial charge in [-0.25, -0.2) is 4.98 Å². The number of benzene rings is 1. The number of rotatable bonds is 2. The number of nitrogens with zero attached hydrogens (tertiary/aromatic N) is 2. The Morgan fingerprint density at radius 1 is 1.17 bits per heavy atom. The van der Waals surface area contributed by atoms with Gasteiger partial charge in [0.15, 0.2) is 0 Å². The molecule has 23 heavy (non-hydrogen) atoms. The van der Waals surface area contributed by atoms with Gasteiger partial charge < -0.3 is 4.98 Å². The molecule has 0 aliphatic carbocycles. The molecule has 0 amide bonds. The Kier molecular flexibility index (Phi) is 3.21. The standard InChI is InChI=1S/C16H13N3O2S2/c1-8-9(2)22-15-13(8)14(20)17-12(18-15)7-19-10-5-3-4-6-11(10)23-16(19)21/h3-6H,7H2,1-2H3,(H,17,18,20). The highest BCUT2D eigenvalue weighted by atomic mass is 32.1. The van der Waals surface area contributed by atoms with E-state index < -0.39 is 0 Å². The Bertz CT molecular complexity index is 1160. The Labute approximate surface area is 138 Å². The lowest BCUT2D eigenvalue weighted by Crippen LogP contribution is -2.19. The average molecular weight is 343 g/mol. The SMILES string of the molecule is Cc1sc2nc(Cn3c(=O)sc4ccccc43)[nH]c(=O)c2c1C. The molecule has 7 heteroatoms. The molecule has 0 unspecified atom stereocenters. The average Bonchev–Trinajstić information content (AvgIpc) is 2.97. The normalized spacial score (nSPS) is 11.6. The number of aromatic nitrogens is 3. The quantitative estimate of drug-likeness (QED) is 0.608. The molecule has 3 heterocycles. The fourth-order valence-electron chi connectivity index (χ4n) is 2.69. The van der Waals surface area contributed by atoms with Gasteiger partial charge in [-0.05, 0) is 31.5 Å². The van der Waals surface area contributed by atoms with Crippen molar-refractivity contribution < 1.29 is 0 Å². The molecule has 4 aromatic rings. The number of H-pyrrole nitrogens is 1. The summed E-state index contributed by atoms with van der Waals surface area (Å²) in [5.74, 6) is 0.509. The summed E-state index contributed by atoms with van der Waals surface area (Å²) < 4.78 is 2.58. The van der Waals surface area contributed by atoms with Crippen LogP contribution in [0.5, 0.6) is 0 Å². The number of thiophene rings is 1. The molecule has 116 valence electrons. The van der Waals surface area contributed by atoms with Crippen LogP contribution in [0.2, 0.25) is 0 Å². The highest BCUT2D eigenvalue weighted by Gasteiger charge is 2.13. The lowest BCUT2D eigenvalue weighted by atomic mass is 10.2. The number of hydrogen-bond donors (Lipinski definition) is 1. The summed E-state index contributed by atoms with van der Waals surface area (Å²) in [5, 5.41) is 0.652. The van der Waals surface area contributed by atoms with Gasteiger partial charge in [0.25, 0.3) is 5.56 Å². The molecule has 1 aromatic carbocycles. The van der Waals surface area contributed by atoms with Crippen molar-refractivity contribution >= 4 is 43.1 Å². The second-order valence-electron chi connectivity index (χ2n) is 5.40. The predicted octanol–water partition coefficient (Wildman–Crippen LogP) is 3.03. The minimum Gasteiger partial charge on any atom is -0.308 e. The monoisotopic (exact) mass is 343 g/mol. The third-order valence-corrected chi connectivity index (χ3v) is 6.03. The molecule has 0 saturated heterocycles. The number of aromatic amines is 1. The number of aryl methyl sites for hydroxylation is 2. The van der Waals surface area contributed by atoms with E-state index in [-0.39, 0.29) is 17.0 Å². The minimum atomic E-state index is -0.139. The number of fused-ring (bicyclic) bond motifs is 2. The topological polar surface area (TPSA) is 67.8 Å². The number of para-hydroxylation sites is 1. The lowest BCUT2D eigenvalue weighted by molar-refractivity contribution is 0.759. The van der Waals surface area contributed by atoms with Crippen LogP contribution >= 0.6 is 22.7 Å². The maximum atomic E-state index is 12.3. The molecule has 0 bridgehead atoms. The number of thiazole rings is 1. The molecule has 0 radical (unpaired) electrons. The predicted molar refractivity (Wildman–Crippen MR) is 94.9 cm³/mol. The van der Waals surface area contributed by atoms with Gasteiger partial charge in [-0.15, -0.1) is 11.3 Å². The Morgan fingerprint density at radius 3 is 2.78 bits per heavy atom. The number of hydrogen-bond acceptors (Lipinski definition) is 5. The van der Waals surface area contributed by atoms with Crippen LogP contribution in [0.15, 0.2) is 33.9 Å². The lowest BCUT2D eigenvalue weighted by Gasteiger charge is -2.03. The van der Waals surface area contributed by atoms with Crippen molar-refractivity contribution in [3.8, 4) is 0 Å². The molecule has 0 spiro atoms. The summed E-state index contributed by atoms with van der Waals surface area (Å²) in [7, 11) is 0. The fraction of sp³-hybridized carbons (Fsp3) is 0.188. The van der Waals surface area contributed by atoms with Crippen LogP contribution in [0.25, 0.3) is 20.4 Å². The summed E-state index contributed by atoms with van der Waals surface area (Å²) in [4.78, 5) is 33.7. The van der Waals surface area contributed by atoms with Crippen molar-refractivity contribution in [2.24, 2.45) is 0 Å². The first kappa shape index (κ1) is 14.3. The van der Waals surface area contributed by atoms with Crippen molar-refractivity contribution in [1.29, 1.82) is 0 Å². The second kappa shape index (κ2) is 5.14. The van der Waals surface area contributed by atoms with Gasteiger partial charge in [-0.3, -0.25) is 14.2 Å². The van der Waals surface area contributed by atoms with Gasteiger partial charge in [-0.1, -0.05) is 23.5 Å². The molecule has 3 aromatic heterocycles. The van der Waals surface area contributed by atoms with E-state index in [0.717, 1.165) is 25.5 Å². The molecule has 0 aliphatic rings. The van der Waals surface area contributed by atoms with Crippen molar-refractivity contribution in [3.63, 3.8) is 0 Å². The molecule has 1 N–H and O–H groups in total. The van der Waals surface area contributed by atoms with Crippen LogP contribution in [-0.4, -0.2) is 14.5 Å². The zero-order chi connectivity index (χ0) is 16.1. The van der Waals surface area contributed by atoms with E-state index in [1.54, 1.807) is 4.57 Å². The Hall–Kier alpha value is -2.25. The smallest absolute Gasteiger partial charge is 0.308 e. The first-order valence-electron chi connectivity index (χ1n) is 7.12. The van der Waals surface area contributed by atoms with Gasteiger partial charge in [0, 0.05) is 4.88 Å². The van der Waals surface area contributed by atoms with Crippen LogP contribution in [0, 0.1) is 13.8 Å². The summed E-state index contributed by atoms with van der Waals surface area (Å²) in [5.41, 5.74) is 1.70. The van der Waals surface area contributed by atoms with Gasteiger partial charge in [0.1, 0.15) is 10.7 Å². The van der Waals surface area contributed by atoms with Gasteiger partial charge in [0.2, 0.25) is 0 Å². The van der Waals surface area contributed by atoms with Crippen molar-refractivity contribution in [1.82, 2.24) is 14.5 Å². The van der Waals surface area contributed by atoms with Crippen molar-refractivity contribution in [3.05, 3.63) is 60.6 Å². The second-order valence-corrected chi connectivity index (χ2v) is 7.59. The largest absolute Gasteiger partial charge is 0.308 e. The van der Waals surface area contributed by atoms with Crippen LogP contribution < -0.4 is 10.4 Å².